The number of hydrogen-bond acceptors (Lipinski definition) is 4. The first-order valence-corrected chi connectivity index (χ1v) is 9.66. The van der Waals surface area contributed by atoms with Gasteiger partial charge in [-0.25, -0.2) is 4.39 Å². The fourth-order valence-corrected chi connectivity index (χ4v) is 3.94. The van der Waals surface area contributed by atoms with E-state index in [1.54, 1.807) is 13.2 Å². The monoisotopic (exact) mass is 396 g/mol. The molecule has 0 bridgehead atoms. The van der Waals surface area contributed by atoms with Gasteiger partial charge in [-0.05, 0) is 50.7 Å². The van der Waals surface area contributed by atoms with Crippen molar-refractivity contribution in [2.45, 2.75) is 26.0 Å². The standard InChI is InChI=1S/C23H25FN2O3/c1-23(2)18-11-14(13-26(3)9-10-28-4)5-7-16(18)21(29-23)20-17-12-15(24)6-8-19(17)25-22(20)27/h5-8,11-12H,9-10,13H2,1-4H3,(H,25,27). The second-order valence-electron chi connectivity index (χ2n) is 8.07. The average molecular weight is 396 g/mol. The molecule has 0 aliphatic carbocycles. The second kappa shape index (κ2) is 7.28. The molecule has 0 radical (unpaired) electrons. The number of carbonyl (C=O) groups is 1. The highest BCUT2D eigenvalue weighted by Gasteiger charge is 2.40. The summed E-state index contributed by atoms with van der Waals surface area (Å²) in [6, 6.07) is 10.5. The summed E-state index contributed by atoms with van der Waals surface area (Å²) in [5.41, 5.74) is 4.00. The van der Waals surface area contributed by atoms with E-state index < -0.39 is 5.60 Å². The number of likely N-dealkylation sites (N-methyl/N-ethyl adjacent to an activating group) is 1. The molecular formula is C23H25FN2O3. The van der Waals surface area contributed by atoms with Gasteiger partial charge in [-0.15, -0.1) is 0 Å². The minimum atomic E-state index is -0.588. The summed E-state index contributed by atoms with van der Waals surface area (Å²) in [7, 11) is 3.75. The third-order valence-corrected chi connectivity index (χ3v) is 5.42. The molecule has 0 spiro atoms. The van der Waals surface area contributed by atoms with Gasteiger partial charge in [0.1, 0.15) is 17.2 Å². The van der Waals surface area contributed by atoms with E-state index in [2.05, 4.69) is 23.3 Å². The lowest BCUT2D eigenvalue weighted by Gasteiger charge is -2.21. The molecule has 6 heteroatoms. The van der Waals surface area contributed by atoms with Crippen molar-refractivity contribution in [1.82, 2.24) is 4.90 Å². The van der Waals surface area contributed by atoms with Gasteiger partial charge in [-0.2, -0.15) is 0 Å². The molecule has 1 N–H and O–H groups in total. The maximum absolute atomic E-state index is 13.8. The van der Waals surface area contributed by atoms with Gasteiger partial charge < -0.3 is 14.8 Å². The predicted octanol–water partition coefficient (Wildman–Crippen LogP) is 3.99. The first-order valence-electron chi connectivity index (χ1n) is 9.66. The van der Waals surface area contributed by atoms with Crippen LogP contribution in [0.2, 0.25) is 0 Å². The van der Waals surface area contributed by atoms with Gasteiger partial charge in [-0.3, -0.25) is 9.69 Å². The Morgan fingerprint density at radius 1 is 1.17 bits per heavy atom. The Labute approximate surface area is 170 Å². The molecule has 0 saturated heterocycles. The normalized spacial score (nSPS) is 19.2. The summed E-state index contributed by atoms with van der Waals surface area (Å²) in [6.07, 6.45) is 0. The molecule has 2 aliphatic heterocycles. The van der Waals surface area contributed by atoms with Crippen LogP contribution in [0, 0.1) is 5.82 Å². The summed E-state index contributed by atoms with van der Waals surface area (Å²) in [5, 5.41) is 2.80. The third kappa shape index (κ3) is 3.54. The van der Waals surface area contributed by atoms with Crippen molar-refractivity contribution >= 4 is 22.9 Å². The minimum Gasteiger partial charge on any atom is -0.482 e. The van der Waals surface area contributed by atoms with Crippen LogP contribution in [0.5, 0.6) is 0 Å². The quantitative estimate of drug-likeness (QED) is 0.777. The molecule has 4 rings (SSSR count). The second-order valence-corrected chi connectivity index (χ2v) is 8.07. The van der Waals surface area contributed by atoms with E-state index in [0.717, 1.165) is 29.8 Å². The highest BCUT2D eigenvalue weighted by Crippen LogP contribution is 2.48. The van der Waals surface area contributed by atoms with Crippen molar-refractivity contribution in [1.29, 1.82) is 0 Å². The molecule has 0 aromatic heterocycles. The Morgan fingerprint density at radius 2 is 1.97 bits per heavy atom. The van der Waals surface area contributed by atoms with Crippen molar-refractivity contribution in [3.8, 4) is 0 Å². The van der Waals surface area contributed by atoms with Gasteiger partial charge >= 0.3 is 0 Å². The number of rotatable bonds is 5. The van der Waals surface area contributed by atoms with Crippen LogP contribution in [0.15, 0.2) is 36.4 Å². The molecule has 0 fully saturated rings. The number of amides is 1. The van der Waals surface area contributed by atoms with Crippen LogP contribution in [0.25, 0.3) is 11.3 Å². The number of nitrogens with zero attached hydrogens (tertiary/aromatic N) is 1. The molecule has 2 heterocycles. The highest BCUT2D eigenvalue weighted by molar-refractivity contribution is 6.36. The lowest BCUT2D eigenvalue weighted by atomic mass is 9.92. The van der Waals surface area contributed by atoms with Gasteiger partial charge in [0.05, 0.1) is 12.2 Å². The number of carbonyl (C=O) groups excluding carboxylic acids is 1. The van der Waals surface area contributed by atoms with E-state index >= 15 is 0 Å². The fourth-order valence-electron chi connectivity index (χ4n) is 3.94. The van der Waals surface area contributed by atoms with Crippen LogP contribution in [0.3, 0.4) is 0 Å². The van der Waals surface area contributed by atoms with Gasteiger partial charge in [-0.1, -0.05) is 12.1 Å². The molecule has 2 aromatic rings. The highest BCUT2D eigenvalue weighted by atomic mass is 19.1. The number of hydrogen-bond donors (Lipinski definition) is 1. The van der Waals surface area contributed by atoms with E-state index in [-0.39, 0.29) is 11.7 Å². The SMILES string of the molecule is COCCN(C)Cc1ccc2c(c1)C(C)(C)OC2=C1C(=O)Nc2ccc(F)cc21. The molecule has 0 unspecified atom stereocenters. The first-order chi connectivity index (χ1) is 13.8. The Bertz CT molecular complexity index is 1010. The van der Waals surface area contributed by atoms with Crippen LogP contribution >= 0.6 is 0 Å². The first kappa shape index (κ1) is 19.6. The third-order valence-electron chi connectivity index (χ3n) is 5.42. The zero-order valence-corrected chi connectivity index (χ0v) is 17.1. The summed E-state index contributed by atoms with van der Waals surface area (Å²) in [6.45, 7) is 6.27. The maximum Gasteiger partial charge on any atom is 0.260 e. The van der Waals surface area contributed by atoms with Crippen molar-refractivity contribution in [2.24, 2.45) is 0 Å². The largest absolute Gasteiger partial charge is 0.482 e. The topological polar surface area (TPSA) is 50.8 Å². The number of ether oxygens (including phenoxy) is 2. The number of methoxy groups -OCH3 is 1. The van der Waals surface area contributed by atoms with E-state index in [1.807, 2.05) is 26.0 Å². The molecule has 2 aromatic carbocycles. The number of nitrogens with one attached hydrogen (secondary N) is 1. The number of benzene rings is 2. The number of halogens is 1. The van der Waals surface area contributed by atoms with Crippen LogP contribution in [-0.2, 0) is 26.4 Å². The lowest BCUT2D eigenvalue weighted by molar-refractivity contribution is -0.110. The van der Waals surface area contributed by atoms with Crippen LogP contribution in [0.4, 0.5) is 10.1 Å². The van der Waals surface area contributed by atoms with Gasteiger partial charge in [0.25, 0.3) is 5.91 Å². The van der Waals surface area contributed by atoms with Crippen LogP contribution in [-0.4, -0.2) is 38.1 Å². The lowest BCUT2D eigenvalue weighted by Crippen LogP contribution is -2.22. The zero-order valence-electron chi connectivity index (χ0n) is 17.1. The van der Waals surface area contributed by atoms with Crippen molar-refractivity contribution < 1.29 is 18.7 Å². The molecule has 5 nitrogen and oxygen atoms in total. The predicted molar refractivity (Wildman–Crippen MR) is 111 cm³/mol. The summed E-state index contributed by atoms with van der Waals surface area (Å²) < 4.78 is 25.2. The Hall–Kier alpha value is -2.70. The van der Waals surface area contributed by atoms with E-state index in [9.17, 15) is 9.18 Å². The molecular weight excluding hydrogens is 371 g/mol. The average Bonchev–Trinajstić information content (AvgIpc) is 3.12. The van der Waals surface area contributed by atoms with Gasteiger partial charge in [0.15, 0.2) is 0 Å². The molecule has 29 heavy (non-hydrogen) atoms. The van der Waals surface area contributed by atoms with Crippen molar-refractivity contribution in [3.63, 3.8) is 0 Å². The Balaban J connectivity index is 1.76. The summed E-state index contributed by atoms with van der Waals surface area (Å²) in [5.74, 6) is -0.149. The summed E-state index contributed by atoms with van der Waals surface area (Å²) in [4.78, 5) is 14.9. The van der Waals surface area contributed by atoms with E-state index in [0.29, 0.717) is 29.2 Å². The van der Waals surface area contributed by atoms with E-state index in [1.165, 1.54) is 12.1 Å². The zero-order chi connectivity index (χ0) is 20.8. The Kier molecular flexibility index (Phi) is 4.92. The maximum atomic E-state index is 13.8. The fraction of sp³-hybridized carbons (Fsp3) is 0.348. The molecule has 152 valence electrons. The molecule has 0 saturated carbocycles. The van der Waals surface area contributed by atoms with Gasteiger partial charge in [0, 0.05) is 42.6 Å². The molecule has 1 amide bonds. The smallest absolute Gasteiger partial charge is 0.260 e. The molecule has 0 atom stereocenters. The van der Waals surface area contributed by atoms with E-state index in [4.69, 9.17) is 9.47 Å². The number of anilines is 1. The number of fused-ring (bicyclic) bond motifs is 2. The van der Waals surface area contributed by atoms with Crippen molar-refractivity contribution in [2.75, 3.05) is 32.6 Å². The van der Waals surface area contributed by atoms with Crippen LogP contribution in [0.1, 0.15) is 36.1 Å². The summed E-state index contributed by atoms with van der Waals surface area (Å²) >= 11 is 0. The Morgan fingerprint density at radius 3 is 2.72 bits per heavy atom. The van der Waals surface area contributed by atoms with Crippen LogP contribution < -0.4 is 5.32 Å². The van der Waals surface area contributed by atoms with Crippen molar-refractivity contribution in [3.05, 3.63) is 64.5 Å². The van der Waals surface area contributed by atoms with Gasteiger partial charge in [0.2, 0.25) is 0 Å². The minimum absolute atomic E-state index is 0.271. The molecule has 2 aliphatic rings.